The molecular formula is C31H58. The molecule has 0 spiro atoms. The van der Waals surface area contributed by atoms with Crippen molar-refractivity contribution in [2.24, 2.45) is 5.92 Å². The molecule has 0 aliphatic rings. The molecule has 1 rings (SSSR count). The fraction of sp³-hybridized carbons (Fsp3) is 0.613. The first-order valence-corrected chi connectivity index (χ1v) is 12.4. The maximum atomic E-state index is 4.00. The first-order chi connectivity index (χ1) is 14.8. The highest BCUT2D eigenvalue weighted by molar-refractivity contribution is 5.60. The predicted octanol–water partition coefficient (Wildman–Crippen LogP) is 11.4. The van der Waals surface area contributed by atoms with Crippen molar-refractivity contribution in [2.45, 2.75) is 121 Å². The van der Waals surface area contributed by atoms with Crippen molar-refractivity contribution in [3.05, 3.63) is 54.6 Å². The molecule has 0 heteroatoms. The Morgan fingerprint density at radius 2 is 1.06 bits per heavy atom. The van der Waals surface area contributed by atoms with Gasteiger partial charge in [0.05, 0.1) is 0 Å². The number of unbranched alkanes of at least 4 members (excludes halogenated alkanes) is 3. The number of terminal acetylenes is 1. The molecule has 0 radical (unpaired) electrons. The summed E-state index contributed by atoms with van der Waals surface area (Å²) in [5.41, 5.74) is 3.51. The van der Waals surface area contributed by atoms with Crippen LogP contribution in [-0.4, -0.2) is 0 Å². The Hall–Kier alpha value is -1.74. The molecule has 0 heterocycles. The Kier molecular flexibility index (Phi) is 49.7. The molecule has 0 aliphatic heterocycles. The second-order valence-electron chi connectivity index (χ2n) is 7.74. The van der Waals surface area contributed by atoms with Crippen molar-refractivity contribution in [1.82, 2.24) is 0 Å². The van der Waals surface area contributed by atoms with Gasteiger partial charge in [-0.1, -0.05) is 148 Å². The lowest BCUT2D eigenvalue weighted by Gasteiger charge is -2.05. The molecule has 0 amide bonds. The van der Waals surface area contributed by atoms with E-state index in [1.54, 1.807) is 0 Å². The van der Waals surface area contributed by atoms with Crippen molar-refractivity contribution in [2.75, 3.05) is 0 Å². The molecule has 0 bridgehead atoms. The van der Waals surface area contributed by atoms with Crippen molar-refractivity contribution in [3.63, 3.8) is 0 Å². The molecule has 0 aliphatic carbocycles. The smallest absolute Gasteiger partial charge is 0.0233 e. The SMILES string of the molecule is C#C.C=C(C)C.C=C(C)c1ccccc1.CC.CCCC(C)CCC.CCCCCC. The van der Waals surface area contributed by atoms with Gasteiger partial charge in [0.25, 0.3) is 0 Å². The van der Waals surface area contributed by atoms with Crippen LogP contribution in [0.2, 0.25) is 0 Å². The second-order valence-corrected chi connectivity index (χ2v) is 7.74. The third-order valence-corrected chi connectivity index (χ3v) is 3.79. The van der Waals surface area contributed by atoms with E-state index in [9.17, 15) is 0 Å². The zero-order valence-electron chi connectivity index (χ0n) is 23.2. The quantitative estimate of drug-likeness (QED) is 0.218. The summed E-state index contributed by atoms with van der Waals surface area (Å²) in [7, 11) is 0. The highest BCUT2D eigenvalue weighted by Crippen LogP contribution is 2.10. The summed E-state index contributed by atoms with van der Waals surface area (Å²) in [4.78, 5) is 0. The van der Waals surface area contributed by atoms with E-state index in [4.69, 9.17) is 0 Å². The molecule has 31 heavy (non-hydrogen) atoms. The summed E-state index contributed by atoms with van der Waals surface area (Å²) in [5, 5.41) is 0. The molecule has 0 saturated heterocycles. The van der Waals surface area contributed by atoms with Crippen molar-refractivity contribution >= 4 is 5.57 Å². The van der Waals surface area contributed by atoms with Crippen molar-refractivity contribution in [1.29, 1.82) is 0 Å². The van der Waals surface area contributed by atoms with Crippen LogP contribution in [0.4, 0.5) is 0 Å². The number of benzene rings is 1. The third-order valence-electron chi connectivity index (χ3n) is 3.79. The van der Waals surface area contributed by atoms with Crippen LogP contribution in [0.5, 0.6) is 0 Å². The minimum atomic E-state index is 0.963. The summed E-state index contributed by atoms with van der Waals surface area (Å²) in [5.74, 6) is 0.963. The molecule has 0 saturated carbocycles. The van der Waals surface area contributed by atoms with Gasteiger partial charge < -0.3 is 0 Å². The van der Waals surface area contributed by atoms with Crippen LogP contribution in [-0.2, 0) is 0 Å². The standard InChI is InChI=1S/C9H10.C8H18.C6H14.C4H8.C2H6.C2H2/c1-8(2)9-6-4-3-5-7-9;1-4-6-8(3)7-5-2;1-3-5-6-4-2;1-4(2)3;2*1-2/h3-7H,1H2,2H3;8H,4-7H2,1-3H3;3-6H2,1-2H3;1H2,2-3H3;1-2H3;1-2H. The first kappa shape index (κ1) is 39.7. The monoisotopic (exact) mass is 430 g/mol. The van der Waals surface area contributed by atoms with Crippen molar-refractivity contribution in [3.8, 4) is 12.8 Å². The van der Waals surface area contributed by atoms with E-state index in [-0.39, 0.29) is 0 Å². The number of hydrogen-bond donors (Lipinski definition) is 0. The summed E-state index contributed by atoms with van der Waals surface area (Å²) in [6, 6.07) is 10.2. The van der Waals surface area contributed by atoms with Gasteiger partial charge >= 0.3 is 0 Å². The fourth-order valence-electron chi connectivity index (χ4n) is 2.35. The van der Waals surface area contributed by atoms with Gasteiger partial charge in [-0.3, -0.25) is 0 Å². The largest absolute Gasteiger partial charge is 0.124 e. The number of hydrogen-bond acceptors (Lipinski definition) is 0. The van der Waals surface area contributed by atoms with Gasteiger partial charge in [0.15, 0.2) is 0 Å². The van der Waals surface area contributed by atoms with Gasteiger partial charge in [0, 0.05) is 0 Å². The van der Waals surface area contributed by atoms with Crippen LogP contribution in [0.15, 0.2) is 49.1 Å². The summed E-state index contributed by atoms with van der Waals surface area (Å²) >= 11 is 0. The van der Waals surface area contributed by atoms with E-state index < -0.39 is 0 Å². The maximum Gasteiger partial charge on any atom is -0.0233 e. The van der Waals surface area contributed by atoms with Crippen LogP contribution in [0.3, 0.4) is 0 Å². The molecule has 182 valence electrons. The van der Waals surface area contributed by atoms with Gasteiger partial charge in [-0.15, -0.1) is 19.4 Å². The molecule has 0 aromatic heterocycles. The van der Waals surface area contributed by atoms with Crippen LogP contribution >= 0.6 is 0 Å². The maximum absolute atomic E-state index is 4.00. The molecule has 0 atom stereocenters. The fourth-order valence-corrected chi connectivity index (χ4v) is 2.35. The Labute approximate surface area is 199 Å². The average molecular weight is 431 g/mol. The highest BCUT2D eigenvalue weighted by Gasteiger charge is 1.95. The van der Waals surface area contributed by atoms with Crippen LogP contribution in [0, 0.1) is 18.8 Å². The lowest BCUT2D eigenvalue weighted by Crippen LogP contribution is -1.91. The van der Waals surface area contributed by atoms with E-state index >= 15 is 0 Å². The molecule has 0 nitrogen and oxygen atoms in total. The zero-order chi connectivity index (χ0) is 25.5. The van der Waals surface area contributed by atoms with Gasteiger partial charge in [-0.25, -0.2) is 0 Å². The van der Waals surface area contributed by atoms with E-state index in [0.717, 1.165) is 11.5 Å². The number of rotatable bonds is 8. The predicted molar refractivity (Wildman–Crippen MR) is 152 cm³/mol. The lowest BCUT2D eigenvalue weighted by atomic mass is 10.0. The summed E-state index contributed by atoms with van der Waals surface area (Å²) < 4.78 is 0. The normalized spacial score (nSPS) is 8.16. The van der Waals surface area contributed by atoms with Gasteiger partial charge in [0.2, 0.25) is 0 Å². The molecule has 0 unspecified atom stereocenters. The van der Waals surface area contributed by atoms with E-state index in [1.807, 2.05) is 52.8 Å². The minimum absolute atomic E-state index is 0.963. The van der Waals surface area contributed by atoms with Gasteiger partial charge in [-0.05, 0) is 32.3 Å². The van der Waals surface area contributed by atoms with Gasteiger partial charge in [0.1, 0.15) is 0 Å². The summed E-state index contributed by atoms with van der Waals surface area (Å²) in [6.07, 6.45) is 19.1. The second kappa shape index (κ2) is 38.8. The summed E-state index contributed by atoms with van der Waals surface area (Å²) in [6.45, 7) is 28.7. The molecule has 0 N–H and O–H groups in total. The topological polar surface area (TPSA) is 0 Å². The molecule has 1 aromatic rings. The Morgan fingerprint density at radius 1 is 0.742 bits per heavy atom. The molecule has 0 fully saturated rings. The Bertz CT molecular complexity index is 435. The Morgan fingerprint density at radius 3 is 1.26 bits per heavy atom. The average Bonchev–Trinajstić information content (AvgIpc) is 2.76. The van der Waals surface area contributed by atoms with E-state index in [1.165, 1.54) is 62.5 Å². The Balaban J connectivity index is -0.0000000948. The first-order valence-electron chi connectivity index (χ1n) is 12.4. The number of allylic oxidation sites excluding steroid dienone is 2. The van der Waals surface area contributed by atoms with Crippen LogP contribution in [0.1, 0.15) is 126 Å². The van der Waals surface area contributed by atoms with Crippen LogP contribution in [0.25, 0.3) is 5.57 Å². The lowest BCUT2D eigenvalue weighted by molar-refractivity contribution is 0.480. The van der Waals surface area contributed by atoms with E-state index in [0.29, 0.717) is 0 Å². The highest BCUT2D eigenvalue weighted by atomic mass is 14.0. The molecular weight excluding hydrogens is 372 g/mol. The molecule has 1 aromatic carbocycles. The minimum Gasteiger partial charge on any atom is -0.124 e. The van der Waals surface area contributed by atoms with Crippen molar-refractivity contribution < 1.29 is 0 Å². The van der Waals surface area contributed by atoms with E-state index in [2.05, 4.69) is 72.8 Å². The zero-order valence-corrected chi connectivity index (χ0v) is 23.2. The van der Waals surface area contributed by atoms with Crippen LogP contribution < -0.4 is 0 Å². The van der Waals surface area contributed by atoms with Gasteiger partial charge in [-0.2, -0.15) is 0 Å². The third kappa shape index (κ3) is 52.5.